The molecule has 0 radical (unpaired) electrons. The summed E-state index contributed by atoms with van der Waals surface area (Å²) in [6, 6.07) is 0.303. The number of hydrogen-bond donors (Lipinski definition) is 1. The number of likely N-dealkylation sites (N-methyl/N-ethyl adjacent to an activating group) is 1. The minimum atomic E-state index is 0.201. The third kappa shape index (κ3) is 2.27. The minimum absolute atomic E-state index is 0.201. The van der Waals surface area contributed by atoms with E-state index in [2.05, 4.69) is 16.8 Å². The summed E-state index contributed by atoms with van der Waals surface area (Å²) in [6.45, 7) is 2.99. The Labute approximate surface area is 76.7 Å². The standard InChI is InChI=1S/C8H14N2OS/c1-7(10(2)4-5-11)8-9-3-6-12-8/h3,6-7,11H,4-5H2,1-2H3. The summed E-state index contributed by atoms with van der Waals surface area (Å²) in [7, 11) is 1.99. The molecule has 1 rings (SSSR count). The molecule has 1 N–H and O–H groups in total. The zero-order chi connectivity index (χ0) is 8.97. The second-order valence-corrected chi connectivity index (χ2v) is 3.68. The van der Waals surface area contributed by atoms with Gasteiger partial charge in [-0.3, -0.25) is 4.90 Å². The van der Waals surface area contributed by atoms with Crippen molar-refractivity contribution in [3.8, 4) is 0 Å². The van der Waals surface area contributed by atoms with Crippen LogP contribution in [0.5, 0.6) is 0 Å². The van der Waals surface area contributed by atoms with Crippen LogP contribution in [0.15, 0.2) is 11.6 Å². The molecule has 1 atom stereocenters. The van der Waals surface area contributed by atoms with E-state index in [1.807, 2.05) is 18.6 Å². The maximum absolute atomic E-state index is 8.72. The fourth-order valence-corrected chi connectivity index (χ4v) is 1.74. The molecule has 1 heterocycles. The van der Waals surface area contributed by atoms with Gasteiger partial charge in [0.15, 0.2) is 0 Å². The molecule has 1 aromatic heterocycles. The summed E-state index contributed by atoms with van der Waals surface area (Å²) < 4.78 is 0. The van der Waals surface area contributed by atoms with Gasteiger partial charge in [0.25, 0.3) is 0 Å². The summed E-state index contributed by atoms with van der Waals surface area (Å²) in [5.74, 6) is 0. The second kappa shape index (κ2) is 4.54. The van der Waals surface area contributed by atoms with Gasteiger partial charge in [-0.25, -0.2) is 4.98 Å². The van der Waals surface area contributed by atoms with Gasteiger partial charge in [-0.1, -0.05) is 0 Å². The van der Waals surface area contributed by atoms with Crippen molar-refractivity contribution < 1.29 is 5.11 Å². The van der Waals surface area contributed by atoms with E-state index in [0.29, 0.717) is 12.6 Å². The van der Waals surface area contributed by atoms with Gasteiger partial charge in [-0.05, 0) is 14.0 Å². The average molecular weight is 186 g/mol. The van der Waals surface area contributed by atoms with Gasteiger partial charge < -0.3 is 5.11 Å². The van der Waals surface area contributed by atoms with Gasteiger partial charge in [0.2, 0.25) is 0 Å². The van der Waals surface area contributed by atoms with Crippen molar-refractivity contribution in [3.63, 3.8) is 0 Å². The molecule has 0 amide bonds. The van der Waals surface area contributed by atoms with E-state index in [1.165, 1.54) is 0 Å². The van der Waals surface area contributed by atoms with E-state index < -0.39 is 0 Å². The molecule has 0 spiro atoms. The quantitative estimate of drug-likeness (QED) is 0.765. The van der Waals surface area contributed by atoms with Crippen LogP contribution in [-0.2, 0) is 0 Å². The first-order valence-electron chi connectivity index (χ1n) is 3.96. The minimum Gasteiger partial charge on any atom is -0.395 e. The van der Waals surface area contributed by atoms with E-state index in [0.717, 1.165) is 5.01 Å². The largest absolute Gasteiger partial charge is 0.395 e. The molecule has 12 heavy (non-hydrogen) atoms. The predicted octanol–water partition coefficient (Wildman–Crippen LogP) is 1.13. The summed E-state index contributed by atoms with van der Waals surface area (Å²) in [5.41, 5.74) is 0. The number of rotatable bonds is 4. The van der Waals surface area contributed by atoms with E-state index >= 15 is 0 Å². The maximum Gasteiger partial charge on any atom is 0.109 e. The highest BCUT2D eigenvalue weighted by Crippen LogP contribution is 2.19. The van der Waals surface area contributed by atoms with Crippen molar-refractivity contribution in [2.45, 2.75) is 13.0 Å². The van der Waals surface area contributed by atoms with Crippen LogP contribution < -0.4 is 0 Å². The van der Waals surface area contributed by atoms with Crippen LogP contribution in [0.25, 0.3) is 0 Å². The lowest BCUT2D eigenvalue weighted by Gasteiger charge is -2.21. The van der Waals surface area contributed by atoms with Gasteiger partial charge in [0, 0.05) is 18.1 Å². The fourth-order valence-electron chi connectivity index (χ4n) is 0.981. The van der Waals surface area contributed by atoms with Crippen LogP contribution in [0.4, 0.5) is 0 Å². The smallest absolute Gasteiger partial charge is 0.109 e. The maximum atomic E-state index is 8.72. The first-order valence-corrected chi connectivity index (χ1v) is 4.84. The average Bonchev–Trinajstić information content (AvgIpc) is 2.55. The van der Waals surface area contributed by atoms with Crippen LogP contribution >= 0.6 is 11.3 Å². The van der Waals surface area contributed by atoms with Gasteiger partial charge in [0.05, 0.1) is 12.6 Å². The number of hydrogen-bond acceptors (Lipinski definition) is 4. The van der Waals surface area contributed by atoms with Crippen LogP contribution in [0.2, 0.25) is 0 Å². The predicted molar refractivity (Wildman–Crippen MR) is 50.2 cm³/mol. The molecule has 0 saturated heterocycles. The summed E-state index contributed by atoms with van der Waals surface area (Å²) in [6.07, 6.45) is 1.81. The number of aliphatic hydroxyl groups excluding tert-OH is 1. The molecule has 68 valence electrons. The topological polar surface area (TPSA) is 36.4 Å². The van der Waals surface area contributed by atoms with Gasteiger partial charge in [0.1, 0.15) is 5.01 Å². The van der Waals surface area contributed by atoms with Gasteiger partial charge >= 0.3 is 0 Å². The lowest BCUT2D eigenvalue weighted by Crippen LogP contribution is -2.25. The van der Waals surface area contributed by atoms with E-state index in [-0.39, 0.29) is 6.61 Å². The highest BCUT2D eigenvalue weighted by molar-refractivity contribution is 7.09. The third-order valence-electron chi connectivity index (χ3n) is 1.92. The molecule has 0 saturated carbocycles. The van der Waals surface area contributed by atoms with Gasteiger partial charge in [-0.2, -0.15) is 0 Å². The van der Waals surface area contributed by atoms with E-state index in [1.54, 1.807) is 11.3 Å². The number of thiazole rings is 1. The van der Waals surface area contributed by atoms with Crippen molar-refractivity contribution >= 4 is 11.3 Å². The Hall–Kier alpha value is -0.450. The van der Waals surface area contributed by atoms with Crippen molar-refractivity contribution in [3.05, 3.63) is 16.6 Å². The molecule has 0 aliphatic rings. The van der Waals surface area contributed by atoms with Crippen LogP contribution in [0, 0.1) is 0 Å². The first-order chi connectivity index (χ1) is 5.75. The second-order valence-electron chi connectivity index (χ2n) is 2.75. The van der Waals surface area contributed by atoms with E-state index in [4.69, 9.17) is 5.11 Å². The summed E-state index contributed by atoms with van der Waals surface area (Å²) in [4.78, 5) is 6.30. The number of aliphatic hydroxyl groups is 1. The highest BCUT2D eigenvalue weighted by atomic mass is 32.1. The Morgan fingerprint density at radius 2 is 2.50 bits per heavy atom. The lowest BCUT2D eigenvalue weighted by molar-refractivity contribution is 0.188. The Balaban J connectivity index is 2.53. The Morgan fingerprint density at radius 1 is 1.75 bits per heavy atom. The first kappa shape index (κ1) is 9.64. The summed E-state index contributed by atoms with van der Waals surface area (Å²) in [5, 5.41) is 11.8. The molecule has 0 aliphatic heterocycles. The molecule has 0 bridgehead atoms. The van der Waals surface area contributed by atoms with Gasteiger partial charge in [-0.15, -0.1) is 11.3 Å². The normalized spacial score (nSPS) is 13.7. The van der Waals surface area contributed by atoms with Crippen LogP contribution in [0.3, 0.4) is 0 Å². The van der Waals surface area contributed by atoms with Crippen molar-refractivity contribution in [2.24, 2.45) is 0 Å². The fraction of sp³-hybridized carbons (Fsp3) is 0.625. The number of nitrogens with zero attached hydrogens (tertiary/aromatic N) is 2. The van der Waals surface area contributed by atoms with Crippen LogP contribution in [0.1, 0.15) is 18.0 Å². The van der Waals surface area contributed by atoms with Crippen LogP contribution in [-0.4, -0.2) is 35.2 Å². The lowest BCUT2D eigenvalue weighted by atomic mass is 10.3. The molecule has 1 unspecified atom stereocenters. The molecular formula is C8H14N2OS. The highest BCUT2D eigenvalue weighted by Gasteiger charge is 2.12. The molecular weight excluding hydrogens is 172 g/mol. The SMILES string of the molecule is CC(c1nccs1)N(C)CCO. The molecule has 0 aromatic carbocycles. The summed E-state index contributed by atoms with van der Waals surface area (Å²) >= 11 is 1.65. The Morgan fingerprint density at radius 3 is 3.00 bits per heavy atom. The zero-order valence-electron chi connectivity index (χ0n) is 7.40. The zero-order valence-corrected chi connectivity index (χ0v) is 8.21. The van der Waals surface area contributed by atoms with Crippen molar-refractivity contribution in [2.75, 3.05) is 20.2 Å². The Kier molecular flexibility index (Phi) is 3.65. The third-order valence-corrected chi connectivity index (χ3v) is 2.87. The molecule has 0 aliphatic carbocycles. The molecule has 4 heteroatoms. The van der Waals surface area contributed by atoms with Crippen molar-refractivity contribution in [1.82, 2.24) is 9.88 Å². The monoisotopic (exact) mass is 186 g/mol. The van der Waals surface area contributed by atoms with Crippen molar-refractivity contribution in [1.29, 1.82) is 0 Å². The van der Waals surface area contributed by atoms with E-state index in [9.17, 15) is 0 Å². The molecule has 1 aromatic rings. The Bertz CT molecular complexity index is 213. The number of aromatic nitrogens is 1. The molecule has 3 nitrogen and oxygen atoms in total. The molecule has 0 fully saturated rings.